The number of ether oxygens (including phenoxy) is 3. The summed E-state index contributed by atoms with van der Waals surface area (Å²) in [7, 11) is 3.19. The number of rotatable bonds is 11. The van der Waals surface area contributed by atoms with Crippen molar-refractivity contribution < 1.29 is 14.2 Å². The van der Waals surface area contributed by atoms with Crippen LogP contribution in [0.5, 0.6) is 11.5 Å². The van der Waals surface area contributed by atoms with Gasteiger partial charge in [0.05, 0.1) is 37.4 Å². The second kappa shape index (κ2) is 11.0. The van der Waals surface area contributed by atoms with E-state index in [1.54, 1.807) is 20.3 Å². The van der Waals surface area contributed by atoms with Crippen LogP contribution in [-0.2, 0) is 16.8 Å². The highest BCUT2D eigenvalue weighted by atomic mass is 16.5. The molecule has 0 amide bonds. The molecule has 1 saturated heterocycles. The highest BCUT2D eigenvalue weighted by Crippen LogP contribution is 2.33. The summed E-state index contributed by atoms with van der Waals surface area (Å²) in [6, 6.07) is 5.54. The number of benzene rings is 1. The lowest BCUT2D eigenvalue weighted by Gasteiger charge is -2.34. The third kappa shape index (κ3) is 5.24. The Bertz CT molecular complexity index is 1230. The van der Waals surface area contributed by atoms with Gasteiger partial charge >= 0.3 is 0 Å². The molecule has 196 valence electrons. The van der Waals surface area contributed by atoms with Crippen molar-refractivity contribution >= 4 is 10.9 Å². The number of nitrogens with one attached hydrogen (secondary N) is 1. The molecule has 0 saturated carbocycles. The van der Waals surface area contributed by atoms with Gasteiger partial charge in [-0.1, -0.05) is 13.8 Å². The number of tetrazole rings is 1. The quantitative estimate of drug-likeness (QED) is 0.425. The first-order chi connectivity index (χ1) is 17.3. The van der Waals surface area contributed by atoms with Gasteiger partial charge in [0.15, 0.2) is 17.3 Å². The van der Waals surface area contributed by atoms with Crippen molar-refractivity contribution in [2.75, 3.05) is 27.4 Å². The highest BCUT2D eigenvalue weighted by molar-refractivity contribution is 5.83. The molecule has 0 spiro atoms. The number of hydrogen-bond donors (Lipinski definition) is 1. The summed E-state index contributed by atoms with van der Waals surface area (Å²) in [5.74, 6) is 2.00. The molecule has 1 aliphatic heterocycles. The van der Waals surface area contributed by atoms with Crippen molar-refractivity contribution in [3.63, 3.8) is 0 Å². The first-order valence-electron chi connectivity index (χ1n) is 12.7. The van der Waals surface area contributed by atoms with Gasteiger partial charge in [-0.3, -0.25) is 9.69 Å². The van der Waals surface area contributed by atoms with Crippen LogP contribution in [0, 0.1) is 0 Å². The lowest BCUT2D eigenvalue weighted by atomic mass is 10.0. The lowest BCUT2D eigenvalue weighted by Crippen LogP contribution is -2.39. The van der Waals surface area contributed by atoms with E-state index in [4.69, 9.17) is 14.2 Å². The first-order valence-corrected chi connectivity index (χ1v) is 12.7. The van der Waals surface area contributed by atoms with E-state index in [2.05, 4.69) is 53.1 Å². The average molecular weight is 499 g/mol. The first kappa shape index (κ1) is 26.1. The van der Waals surface area contributed by atoms with E-state index in [0.29, 0.717) is 35.7 Å². The number of H-pyrrole nitrogens is 1. The molecule has 36 heavy (non-hydrogen) atoms. The second-order valence-electron chi connectivity index (χ2n) is 10.0. The van der Waals surface area contributed by atoms with Gasteiger partial charge < -0.3 is 19.2 Å². The molecule has 1 fully saturated rings. The van der Waals surface area contributed by atoms with Crippen LogP contribution in [0.3, 0.4) is 0 Å². The number of aromatic amines is 1. The Morgan fingerprint density at radius 1 is 1.22 bits per heavy atom. The monoisotopic (exact) mass is 498 g/mol. The van der Waals surface area contributed by atoms with E-state index >= 15 is 0 Å². The molecule has 10 heteroatoms. The second-order valence-corrected chi connectivity index (χ2v) is 10.0. The zero-order valence-electron chi connectivity index (χ0n) is 22.2. The number of pyridine rings is 1. The Morgan fingerprint density at radius 2 is 1.97 bits per heavy atom. The zero-order valence-corrected chi connectivity index (χ0v) is 22.2. The summed E-state index contributed by atoms with van der Waals surface area (Å²) in [5.41, 5.74) is 1.01. The van der Waals surface area contributed by atoms with Crippen molar-refractivity contribution in [2.45, 2.75) is 77.6 Å². The zero-order chi connectivity index (χ0) is 25.9. The molecule has 3 heterocycles. The summed E-state index contributed by atoms with van der Waals surface area (Å²) in [6.45, 7) is 10.5. The Hall–Kier alpha value is -2.98. The molecule has 1 aliphatic rings. The molecule has 3 aromatic rings. The number of nitrogens with zero attached hydrogens (tertiary/aromatic N) is 5. The number of aromatic nitrogens is 5. The standard InChI is InChI=1S/C26H38N6O4/c1-7-21(24-28-29-30-32(24)26(3,4)8-2)31(16-19-10-9-11-36-19)15-18-12-17-13-22(34-5)23(35-6)14-20(17)27-25(18)33/h12-14,19,21H,7-11,15-16H2,1-6H3,(H,27,33)/t19-,21-/m0/s1. The van der Waals surface area contributed by atoms with Gasteiger partial charge in [-0.15, -0.1) is 5.10 Å². The summed E-state index contributed by atoms with van der Waals surface area (Å²) in [6.07, 6.45) is 3.86. The molecular formula is C26H38N6O4. The summed E-state index contributed by atoms with van der Waals surface area (Å²) < 4.78 is 18.8. The van der Waals surface area contributed by atoms with Crippen LogP contribution in [0.4, 0.5) is 0 Å². The van der Waals surface area contributed by atoms with Crippen molar-refractivity contribution in [1.82, 2.24) is 30.1 Å². The van der Waals surface area contributed by atoms with Gasteiger partial charge in [0.1, 0.15) is 0 Å². The molecule has 0 unspecified atom stereocenters. The van der Waals surface area contributed by atoms with E-state index in [0.717, 1.165) is 43.5 Å². The Kier molecular flexibility index (Phi) is 7.94. The van der Waals surface area contributed by atoms with Crippen LogP contribution >= 0.6 is 0 Å². The van der Waals surface area contributed by atoms with E-state index < -0.39 is 0 Å². The fourth-order valence-electron chi connectivity index (χ4n) is 4.85. The fourth-order valence-corrected chi connectivity index (χ4v) is 4.85. The summed E-state index contributed by atoms with van der Waals surface area (Å²) in [4.78, 5) is 18.5. The summed E-state index contributed by atoms with van der Waals surface area (Å²) >= 11 is 0. The molecule has 0 aliphatic carbocycles. The molecule has 2 atom stereocenters. The molecule has 0 radical (unpaired) electrons. The van der Waals surface area contributed by atoms with Gasteiger partial charge in [0.2, 0.25) is 0 Å². The Labute approximate surface area is 211 Å². The van der Waals surface area contributed by atoms with Gasteiger partial charge in [-0.2, -0.15) is 0 Å². The average Bonchev–Trinajstić information content (AvgIpc) is 3.57. The molecule has 0 bridgehead atoms. The molecular weight excluding hydrogens is 460 g/mol. The van der Waals surface area contributed by atoms with Crippen LogP contribution in [0.2, 0.25) is 0 Å². The highest BCUT2D eigenvalue weighted by Gasteiger charge is 2.32. The van der Waals surface area contributed by atoms with Crippen LogP contribution in [0.25, 0.3) is 10.9 Å². The lowest BCUT2D eigenvalue weighted by molar-refractivity contribution is 0.0475. The molecule has 4 rings (SSSR count). The van der Waals surface area contributed by atoms with Crippen LogP contribution in [-0.4, -0.2) is 63.6 Å². The van der Waals surface area contributed by atoms with Crippen LogP contribution in [0.1, 0.15) is 70.8 Å². The maximum absolute atomic E-state index is 13.2. The minimum absolute atomic E-state index is 0.0736. The number of hydrogen-bond acceptors (Lipinski definition) is 8. The third-order valence-corrected chi connectivity index (χ3v) is 7.32. The molecule has 1 aromatic carbocycles. The SMILES string of the molecule is CC[C@@H](c1nnnn1C(C)(C)CC)N(Cc1cc2cc(OC)c(OC)cc2[nH]c1=O)C[C@@H]1CCCO1. The van der Waals surface area contributed by atoms with Crippen molar-refractivity contribution in [2.24, 2.45) is 0 Å². The van der Waals surface area contributed by atoms with Gasteiger partial charge in [0, 0.05) is 36.7 Å². The van der Waals surface area contributed by atoms with Crippen molar-refractivity contribution in [3.8, 4) is 11.5 Å². The van der Waals surface area contributed by atoms with E-state index in [-0.39, 0.29) is 23.2 Å². The van der Waals surface area contributed by atoms with E-state index in [1.165, 1.54) is 0 Å². The van der Waals surface area contributed by atoms with Crippen LogP contribution in [0.15, 0.2) is 23.0 Å². The minimum Gasteiger partial charge on any atom is -0.493 e. The smallest absolute Gasteiger partial charge is 0.252 e. The van der Waals surface area contributed by atoms with Gasteiger partial charge in [0.25, 0.3) is 5.56 Å². The predicted octanol–water partition coefficient (Wildman–Crippen LogP) is 3.81. The Morgan fingerprint density at radius 3 is 2.61 bits per heavy atom. The number of fused-ring (bicyclic) bond motifs is 1. The van der Waals surface area contributed by atoms with E-state index in [9.17, 15) is 4.79 Å². The molecule has 2 aromatic heterocycles. The minimum atomic E-state index is -0.224. The molecule has 1 N–H and O–H groups in total. The number of methoxy groups -OCH3 is 2. The normalized spacial score (nSPS) is 17.1. The van der Waals surface area contributed by atoms with Crippen LogP contribution < -0.4 is 15.0 Å². The summed E-state index contributed by atoms with van der Waals surface area (Å²) in [5, 5.41) is 13.7. The maximum Gasteiger partial charge on any atom is 0.252 e. The van der Waals surface area contributed by atoms with Gasteiger partial charge in [-0.05, 0) is 62.1 Å². The molecule has 10 nitrogen and oxygen atoms in total. The predicted molar refractivity (Wildman–Crippen MR) is 138 cm³/mol. The van der Waals surface area contributed by atoms with Crippen molar-refractivity contribution in [3.05, 3.63) is 39.9 Å². The largest absolute Gasteiger partial charge is 0.493 e. The van der Waals surface area contributed by atoms with E-state index in [1.807, 2.05) is 16.8 Å². The third-order valence-electron chi connectivity index (χ3n) is 7.32. The maximum atomic E-state index is 13.2. The van der Waals surface area contributed by atoms with Crippen molar-refractivity contribution in [1.29, 1.82) is 0 Å². The van der Waals surface area contributed by atoms with Gasteiger partial charge in [-0.25, -0.2) is 4.68 Å². The Balaban J connectivity index is 1.74. The topological polar surface area (TPSA) is 107 Å². The fraction of sp³-hybridized carbons (Fsp3) is 0.615.